The van der Waals surface area contributed by atoms with E-state index in [1.54, 1.807) is 43.1 Å². The van der Waals surface area contributed by atoms with E-state index in [2.05, 4.69) is 52.3 Å². The number of nitrogens with one attached hydrogen (secondary N) is 1. The van der Waals surface area contributed by atoms with Crippen LogP contribution in [0.15, 0.2) is 183 Å². The van der Waals surface area contributed by atoms with Crippen LogP contribution in [0.1, 0.15) is 87.9 Å². The number of alkyl halides is 6. The monoisotopic (exact) mass is 1370 g/mol. The van der Waals surface area contributed by atoms with Gasteiger partial charge in [-0.3, -0.25) is 33.4 Å². The van der Waals surface area contributed by atoms with Crippen molar-refractivity contribution in [3.8, 4) is 33.9 Å². The number of rotatable bonds is 12. The highest BCUT2D eigenvalue weighted by Crippen LogP contribution is 2.38. The summed E-state index contributed by atoms with van der Waals surface area (Å²) in [5.74, 6) is -1.23. The zero-order valence-electron chi connectivity index (χ0n) is 48.5. The van der Waals surface area contributed by atoms with Gasteiger partial charge < -0.3 is 14.4 Å². The summed E-state index contributed by atoms with van der Waals surface area (Å²) in [6.07, 6.45) is -1.25. The summed E-state index contributed by atoms with van der Waals surface area (Å²) in [6, 6.07) is 39.2. The van der Waals surface area contributed by atoms with Gasteiger partial charge in [0.1, 0.15) is 11.3 Å². The van der Waals surface area contributed by atoms with Gasteiger partial charge in [-0.05, 0) is 95.8 Å². The number of aryl methyl sites for hydroxylation is 1. The van der Waals surface area contributed by atoms with Crippen molar-refractivity contribution >= 4 is 55.0 Å². The van der Waals surface area contributed by atoms with Gasteiger partial charge in [0, 0.05) is 87.3 Å². The zero-order valence-corrected chi connectivity index (χ0v) is 51.6. The van der Waals surface area contributed by atoms with E-state index in [1.807, 2.05) is 115 Å². The molecule has 1 N–H and O–H groups in total. The summed E-state index contributed by atoms with van der Waals surface area (Å²) in [5.41, 5.74) is 8.79. The number of aromatic amines is 1. The molecule has 2 amide bonds. The Morgan fingerprint density at radius 3 is 1.55 bits per heavy atom. The van der Waals surface area contributed by atoms with Crippen LogP contribution in [0.4, 0.5) is 26.3 Å². The van der Waals surface area contributed by atoms with E-state index in [1.165, 1.54) is 34.1 Å². The van der Waals surface area contributed by atoms with Crippen molar-refractivity contribution in [1.29, 1.82) is 0 Å². The molecule has 92 heavy (non-hydrogen) atoms. The number of nitrogens with zero attached hydrogens (tertiary/aromatic N) is 12. The first-order chi connectivity index (χ1) is 44.2. The van der Waals surface area contributed by atoms with Crippen molar-refractivity contribution in [1.82, 2.24) is 63.1 Å². The van der Waals surface area contributed by atoms with Gasteiger partial charge in [0.15, 0.2) is 0 Å². The molecule has 0 fully saturated rings. The molecule has 0 aliphatic carbocycles. The highest BCUT2D eigenvalue weighted by atomic mass is 79.9. The average Bonchev–Trinajstić information content (AvgIpc) is 1.48. The van der Waals surface area contributed by atoms with E-state index in [-0.39, 0.29) is 70.2 Å². The molecule has 0 bridgehead atoms. The van der Waals surface area contributed by atoms with E-state index < -0.39 is 35.3 Å². The summed E-state index contributed by atoms with van der Waals surface area (Å²) < 4.78 is 91.8. The van der Waals surface area contributed by atoms with Crippen LogP contribution in [-0.4, -0.2) is 88.0 Å². The van der Waals surface area contributed by atoms with E-state index in [0.29, 0.717) is 81.4 Å². The van der Waals surface area contributed by atoms with E-state index in [0.717, 1.165) is 51.2 Å². The van der Waals surface area contributed by atoms with Crippen molar-refractivity contribution in [2.24, 2.45) is 7.05 Å². The predicted molar refractivity (Wildman–Crippen MR) is 336 cm³/mol. The van der Waals surface area contributed by atoms with Crippen molar-refractivity contribution in [3.05, 3.63) is 272 Å². The fourth-order valence-electron chi connectivity index (χ4n) is 12.5. The molecule has 0 radical (unpaired) electrons. The van der Waals surface area contributed by atoms with Crippen LogP contribution >= 0.6 is 31.9 Å². The van der Waals surface area contributed by atoms with Gasteiger partial charge in [-0.2, -0.15) is 36.5 Å². The van der Waals surface area contributed by atoms with E-state index in [9.17, 15) is 45.5 Å². The molecule has 2 aliphatic rings. The van der Waals surface area contributed by atoms with Crippen LogP contribution in [-0.2, 0) is 64.6 Å². The molecule has 2 aliphatic heterocycles. The maximum absolute atomic E-state index is 15.0. The Morgan fingerprint density at radius 2 is 1.05 bits per heavy atom. The van der Waals surface area contributed by atoms with Gasteiger partial charge in [-0.25, -0.2) is 14.0 Å². The van der Waals surface area contributed by atoms with Gasteiger partial charge in [0.05, 0.1) is 89.0 Å². The highest BCUT2D eigenvalue weighted by molar-refractivity contribution is 9.10. The third-order valence-corrected chi connectivity index (χ3v) is 18.4. The summed E-state index contributed by atoms with van der Waals surface area (Å²) in [4.78, 5) is 65.0. The van der Waals surface area contributed by atoms with E-state index >= 15 is 0 Å². The molecule has 0 spiro atoms. The van der Waals surface area contributed by atoms with Crippen LogP contribution in [0, 0.1) is 0 Å². The Kier molecular flexibility index (Phi) is 15.1. The largest absolute Gasteiger partial charge is 0.417 e. The first-order valence-corrected chi connectivity index (χ1v) is 30.6. The number of H-pyrrole nitrogens is 1. The molecule has 6 aromatic heterocycles. The molecule has 0 saturated carbocycles. The Hall–Kier alpha value is -10.0. The normalized spacial score (nSPS) is 13.5. The second-order valence-electron chi connectivity index (χ2n) is 22.7. The first kappa shape index (κ1) is 59.6. The fraction of sp³-hybridized carbons (Fsp3) is 0.179. The molecule has 12 aromatic rings. The lowest BCUT2D eigenvalue weighted by Crippen LogP contribution is -2.41. The minimum Gasteiger partial charge on any atom is -0.334 e. The molecule has 14 rings (SSSR count). The summed E-state index contributed by atoms with van der Waals surface area (Å²) in [7, 11) is 1.89. The molecular weight excluding hydrogens is 1320 g/mol. The number of carbonyl (C=O) groups is 2. The Labute approximate surface area is 535 Å². The van der Waals surface area contributed by atoms with Crippen molar-refractivity contribution in [2.45, 2.75) is 57.5 Å². The Balaban J connectivity index is 0.764. The average molecular weight is 1370 g/mol. The Bertz CT molecular complexity index is 5050. The number of imidazole rings is 1. The van der Waals surface area contributed by atoms with Crippen molar-refractivity contribution in [3.63, 3.8) is 0 Å². The third kappa shape index (κ3) is 10.9. The number of hydrogen-bond donors (Lipinski definition) is 1. The molecule has 462 valence electrons. The predicted octanol–water partition coefficient (Wildman–Crippen LogP) is 12.2. The molecule has 0 unspecified atom stereocenters. The second-order valence-corrected chi connectivity index (χ2v) is 24.4. The van der Waals surface area contributed by atoms with Crippen molar-refractivity contribution < 1.29 is 35.9 Å². The fourth-order valence-corrected chi connectivity index (χ4v) is 13.4. The molecular formula is C67H49Br2F6N13O4. The lowest BCUT2D eigenvalue weighted by Gasteiger charge is -2.30. The topological polar surface area (TPSA) is 179 Å². The quantitative estimate of drug-likeness (QED) is 0.117. The lowest BCUT2D eigenvalue weighted by molar-refractivity contribution is -0.139. The standard InChI is InChI=1S/C67H49Br2F6N13O4/c1-82-37-76-34-56(82)41-10-16-47(17-11-41)85-61-46(33-78-88(61)58-36-84(25-23-50(58)64(85)91)63(90)44-15-21-54(69)52(31-44)67(73,74)75)28-39-8-5-9-40(26-39)29-55-59(80-81-79-55)42-12-18-48(19-13-42)86-60-45(27-38-6-3-2-4-7-38)32-77-87(60)57-35-83(24-22-49(57)65(86)92)62(89)43-14-20-53(68)51(30-43)66(70,71)72/h2-21,26,30-34,37H,22-25,27-29,35-36H2,1H3,(H,79,80,81). The number of aromatic nitrogens is 11. The van der Waals surface area contributed by atoms with Crippen LogP contribution in [0.25, 0.3) is 45.2 Å². The molecule has 0 atom stereocenters. The maximum atomic E-state index is 15.0. The van der Waals surface area contributed by atoms with Crippen LogP contribution in [0.3, 0.4) is 0 Å². The molecule has 0 saturated heterocycles. The summed E-state index contributed by atoms with van der Waals surface area (Å²) >= 11 is 5.93. The molecule has 17 nitrogen and oxygen atoms in total. The van der Waals surface area contributed by atoms with Gasteiger partial charge in [-0.1, -0.05) is 116 Å². The Morgan fingerprint density at radius 1 is 0.565 bits per heavy atom. The van der Waals surface area contributed by atoms with Gasteiger partial charge in [0.2, 0.25) is 0 Å². The van der Waals surface area contributed by atoms with Crippen LogP contribution < -0.4 is 11.1 Å². The van der Waals surface area contributed by atoms with Crippen molar-refractivity contribution in [2.75, 3.05) is 13.1 Å². The molecule has 25 heteroatoms. The van der Waals surface area contributed by atoms with E-state index in [4.69, 9.17) is 10.2 Å². The van der Waals surface area contributed by atoms with Gasteiger partial charge >= 0.3 is 12.4 Å². The summed E-state index contributed by atoms with van der Waals surface area (Å²) in [5, 5.41) is 21.4. The van der Waals surface area contributed by atoms with Crippen LogP contribution in [0.2, 0.25) is 0 Å². The van der Waals surface area contributed by atoms with Gasteiger partial charge in [0.25, 0.3) is 22.9 Å². The summed E-state index contributed by atoms with van der Waals surface area (Å²) in [6.45, 7) is 0.0000226. The number of halogens is 8. The first-order valence-electron chi connectivity index (χ1n) is 29.0. The SMILES string of the molecule is Cn1cncc1-c1ccc(-n2c(=O)c3c(n4ncc(Cc5cccc(Cc6nn[nH]c6-c6ccc(-n7c(=O)c8c(n9ncc(Cc%10ccccc%10)c79)CN(C(=O)c7ccc(Br)c(C(F)(F)F)c7)CC8)cc6)c5)c24)CN(C(=O)c2ccc(Br)c(C(F)(F)F)c2)CC3)cc1. The molecule has 8 heterocycles. The number of benzene rings is 6. The maximum Gasteiger partial charge on any atom is 0.417 e. The lowest BCUT2D eigenvalue weighted by atomic mass is 10.00. The third-order valence-electron chi connectivity index (χ3n) is 17.0. The minimum atomic E-state index is -4.70. The smallest absolute Gasteiger partial charge is 0.334 e. The number of carbonyl (C=O) groups excluding carboxylic acids is 2. The minimum absolute atomic E-state index is 0.0720. The van der Waals surface area contributed by atoms with Crippen LogP contribution in [0.5, 0.6) is 0 Å². The number of fused-ring (bicyclic) bond motifs is 6. The zero-order chi connectivity index (χ0) is 63.9. The second kappa shape index (κ2) is 23.3. The number of amides is 2. The highest BCUT2D eigenvalue weighted by Gasteiger charge is 2.37. The molecule has 6 aromatic carbocycles. The van der Waals surface area contributed by atoms with Gasteiger partial charge in [-0.15, -0.1) is 5.10 Å². The number of hydrogen-bond acceptors (Lipinski definition) is 9.